The van der Waals surface area contributed by atoms with Crippen LogP contribution >= 0.6 is 0 Å². The first kappa shape index (κ1) is 15.9. The van der Waals surface area contributed by atoms with Crippen LogP contribution in [0.3, 0.4) is 0 Å². The molecule has 1 fully saturated rings. The lowest BCUT2D eigenvalue weighted by atomic mass is 10.1. The van der Waals surface area contributed by atoms with E-state index < -0.39 is 10.0 Å². The van der Waals surface area contributed by atoms with Crippen LogP contribution in [0.1, 0.15) is 29.8 Å². The van der Waals surface area contributed by atoms with Crippen molar-refractivity contribution in [2.24, 2.45) is 5.14 Å². The number of nitrogens with zero attached hydrogens (tertiary/aromatic N) is 1. The standard InChI is InChI=1S/C14H21N3O3S/c1-10-7-17(8-11(2)16-10)14(18)13-5-3-12(4-6-13)9-21(15,19)20/h3-6,10-11,16H,7-9H2,1-2H3,(H2,15,19,20)/t10-,11+. The van der Waals surface area contributed by atoms with Crippen LogP contribution in [0.15, 0.2) is 24.3 Å². The third-order valence-electron chi connectivity index (χ3n) is 3.41. The van der Waals surface area contributed by atoms with Crippen LogP contribution in [0.4, 0.5) is 0 Å². The fourth-order valence-corrected chi connectivity index (χ4v) is 3.31. The number of piperazine rings is 1. The van der Waals surface area contributed by atoms with Gasteiger partial charge in [-0.1, -0.05) is 12.1 Å². The second-order valence-electron chi connectivity index (χ2n) is 5.68. The van der Waals surface area contributed by atoms with E-state index in [0.717, 1.165) is 0 Å². The van der Waals surface area contributed by atoms with Crippen LogP contribution in [0.2, 0.25) is 0 Å². The minimum absolute atomic E-state index is 0.0302. The van der Waals surface area contributed by atoms with Crippen molar-refractivity contribution in [2.75, 3.05) is 13.1 Å². The highest BCUT2D eigenvalue weighted by Crippen LogP contribution is 2.12. The summed E-state index contributed by atoms with van der Waals surface area (Å²) in [5, 5.41) is 8.38. The molecule has 1 aromatic carbocycles. The number of benzene rings is 1. The van der Waals surface area contributed by atoms with Crippen LogP contribution in [-0.4, -0.2) is 44.4 Å². The molecule has 7 heteroatoms. The Labute approximate surface area is 125 Å². The molecular weight excluding hydrogens is 290 g/mol. The van der Waals surface area contributed by atoms with Gasteiger partial charge in [-0.25, -0.2) is 13.6 Å². The Kier molecular flexibility index (Phi) is 4.65. The van der Waals surface area contributed by atoms with Gasteiger partial charge in [-0.3, -0.25) is 4.79 Å². The Morgan fingerprint density at radius 3 is 2.24 bits per heavy atom. The highest BCUT2D eigenvalue weighted by Gasteiger charge is 2.25. The molecule has 2 rings (SSSR count). The summed E-state index contributed by atoms with van der Waals surface area (Å²) < 4.78 is 22.1. The predicted octanol–water partition coefficient (Wildman–Crippen LogP) is 0.298. The average molecular weight is 311 g/mol. The minimum Gasteiger partial charge on any atom is -0.336 e. The molecular formula is C14H21N3O3S. The van der Waals surface area contributed by atoms with Crippen molar-refractivity contribution in [1.82, 2.24) is 10.2 Å². The van der Waals surface area contributed by atoms with Gasteiger partial charge in [0.15, 0.2) is 0 Å². The number of nitrogens with two attached hydrogens (primary N) is 1. The smallest absolute Gasteiger partial charge is 0.253 e. The summed E-state index contributed by atoms with van der Waals surface area (Å²) in [6, 6.07) is 7.10. The van der Waals surface area contributed by atoms with Crippen LogP contribution in [-0.2, 0) is 15.8 Å². The molecule has 0 aromatic heterocycles. The number of amides is 1. The van der Waals surface area contributed by atoms with E-state index in [1.807, 2.05) is 18.7 Å². The normalized spacial score (nSPS) is 23.1. The quantitative estimate of drug-likeness (QED) is 0.839. The molecule has 0 aliphatic carbocycles. The van der Waals surface area contributed by atoms with Gasteiger partial charge in [0.2, 0.25) is 10.0 Å². The minimum atomic E-state index is -3.55. The van der Waals surface area contributed by atoms with Gasteiger partial charge in [0.25, 0.3) is 5.91 Å². The average Bonchev–Trinajstić information content (AvgIpc) is 2.35. The van der Waals surface area contributed by atoms with Gasteiger partial charge in [0.05, 0.1) is 5.75 Å². The number of carbonyl (C=O) groups is 1. The molecule has 0 bridgehead atoms. The Balaban J connectivity index is 2.09. The summed E-state index contributed by atoms with van der Waals surface area (Å²) in [5.41, 5.74) is 1.14. The summed E-state index contributed by atoms with van der Waals surface area (Å²) in [4.78, 5) is 14.3. The molecule has 1 aliphatic heterocycles. The molecule has 1 amide bonds. The Morgan fingerprint density at radius 1 is 1.24 bits per heavy atom. The lowest BCUT2D eigenvalue weighted by molar-refractivity contribution is 0.0674. The zero-order chi connectivity index (χ0) is 15.6. The van der Waals surface area contributed by atoms with E-state index in [4.69, 9.17) is 5.14 Å². The number of rotatable bonds is 3. The molecule has 1 aromatic rings. The molecule has 6 nitrogen and oxygen atoms in total. The molecule has 1 heterocycles. The highest BCUT2D eigenvalue weighted by molar-refractivity contribution is 7.88. The molecule has 1 saturated heterocycles. The van der Waals surface area contributed by atoms with E-state index in [2.05, 4.69) is 5.32 Å². The van der Waals surface area contributed by atoms with Crippen molar-refractivity contribution in [3.8, 4) is 0 Å². The van der Waals surface area contributed by atoms with Gasteiger partial charge >= 0.3 is 0 Å². The van der Waals surface area contributed by atoms with Gasteiger partial charge in [0.1, 0.15) is 0 Å². The summed E-state index contributed by atoms with van der Waals surface area (Å²) in [7, 11) is -3.55. The Bertz CT molecular complexity index is 603. The zero-order valence-corrected chi connectivity index (χ0v) is 13.1. The molecule has 21 heavy (non-hydrogen) atoms. The van der Waals surface area contributed by atoms with E-state index in [0.29, 0.717) is 24.2 Å². The fraction of sp³-hybridized carbons (Fsp3) is 0.500. The second kappa shape index (κ2) is 6.13. The van der Waals surface area contributed by atoms with E-state index in [9.17, 15) is 13.2 Å². The van der Waals surface area contributed by atoms with E-state index in [1.54, 1.807) is 24.3 Å². The van der Waals surface area contributed by atoms with Crippen molar-refractivity contribution >= 4 is 15.9 Å². The number of hydrogen-bond acceptors (Lipinski definition) is 4. The SMILES string of the molecule is C[C@@H]1CN(C(=O)c2ccc(CS(N)(=O)=O)cc2)C[C@H](C)N1. The van der Waals surface area contributed by atoms with Crippen molar-refractivity contribution < 1.29 is 13.2 Å². The monoisotopic (exact) mass is 311 g/mol. The summed E-state index contributed by atoms with van der Waals surface area (Å²) in [5.74, 6) is -0.249. The Morgan fingerprint density at radius 2 is 1.76 bits per heavy atom. The van der Waals surface area contributed by atoms with Crippen LogP contribution in [0.25, 0.3) is 0 Å². The first-order valence-electron chi connectivity index (χ1n) is 6.89. The largest absolute Gasteiger partial charge is 0.336 e. The van der Waals surface area contributed by atoms with Crippen molar-refractivity contribution in [1.29, 1.82) is 0 Å². The summed E-state index contributed by atoms with van der Waals surface area (Å²) >= 11 is 0. The number of carbonyl (C=O) groups excluding carboxylic acids is 1. The first-order chi connectivity index (χ1) is 9.74. The highest BCUT2D eigenvalue weighted by atomic mass is 32.2. The predicted molar refractivity (Wildman–Crippen MR) is 81.2 cm³/mol. The van der Waals surface area contributed by atoms with Gasteiger partial charge < -0.3 is 10.2 Å². The lowest BCUT2D eigenvalue weighted by Gasteiger charge is -2.36. The van der Waals surface area contributed by atoms with E-state index in [-0.39, 0.29) is 23.7 Å². The van der Waals surface area contributed by atoms with Crippen molar-refractivity contribution in [3.05, 3.63) is 35.4 Å². The maximum Gasteiger partial charge on any atom is 0.253 e. The molecule has 116 valence electrons. The number of sulfonamides is 1. The molecule has 2 atom stereocenters. The number of hydrogen-bond donors (Lipinski definition) is 2. The van der Waals surface area contributed by atoms with Crippen molar-refractivity contribution in [3.63, 3.8) is 0 Å². The summed E-state index contributed by atoms with van der Waals surface area (Å²) in [6.45, 7) is 5.43. The van der Waals surface area contributed by atoms with E-state index >= 15 is 0 Å². The molecule has 0 unspecified atom stereocenters. The molecule has 3 N–H and O–H groups in total. The number of nitrogens with one attached hydrogen (secondary N) is 1. The van der Waals surface area contributed by atoms with Gasteiger partial charge in [-0.05, 0) is 31.5 Å². The van der Waals surface area contributed by atoms with Gasteiger partial charge in [-0.15, -0.1) is 0 Å². The van der Waals surface area contributed by atoms with Gasteiger partial charge in [0, 0.05) is 30.7 Å². The third-order valence-corrected chi connectivity index (χ3v) is 4.15. The van der Waals surface area contributed by atoms with Crippen LogP contribution in [0, 0.1) is 0 Å². The molecule has 1 aliphatic rings. The van der Waals surface area contributed by atoms with Crippen LogP contribution in [0.5, 0.6) is 0 Å². The van der Waals surface area contributed by atoms with Crippen molar-refractivity contribution in [2.45, 2.75) is 31.7 Å². The maximum absolute atomic E-state index is 12.4. The summed E-state index contributed by atoms with van der Waals surface area (Å²) in [6.07, 6.45) is 0. The first-order valence-corrected chi connectivity index (χ1v) is 8.61. The molecule has 0 spiro atoms. The van der Waals surface area contributed by atoms with E-state index in [1.165, 1.54) is 0 Å². The third kappa shape index (κ3) is 4.52. The maximum atomic E-state index is 12.4. The molecule has 0 saturated carbocycles. The number of primary sulfonamides is 1. The van der Waals surface area contributed by atoms with Crippen LogP contribution < -0.4 is 10.5 Å². The topological polar surface area (TPSA) is 92.5 Å². The fourth-order valence-electron chi connectivity index (χ4n) is 2.65. The van der Waals surface area contributed by atoms with Gasteiger partial charge in [-0.2, -0.15) is 0 Å². The molecule has 0 radical (unpaired) electrons. The lowest BCUT2D eigenvalue weighted by Crippen LogP contribution is -2.55. The Hall–Kier alpha value is -1.44. The second-order valence-corrected chi connectivity index (χ2v) is 7.30. The zero-order valence-electron chi connectivity index (χ0n) is 12.2.